The van der Waals surface area contributed by atoms with Crippen LogP contribution < -0.4 is 5.32 Å². The Labute approximate surface area is 119 Å². The number of aromatic nitrogens is 2. The maximum Gasteiger partial charge on any atom is 0.251 e. The van der Waals surface area contributed by atoms with Crippen molar-refractivity contribution >= 4 is 21.8 Å². The van der Waals surface area contributed by atoms with E-state index in [1.165, 1.54) is 6.07 Å². The number of phenolic OH excluding ortho intramolecular Hbond substituents is 1. The lowest BCUT2D eigenvalue weighted by Gasteiger charge is -2.05. The van der Waals surface area contributed by atoms with Crippen LogP contribution in [0.3, 0.4) is 0 Å². The van der Waals surface area contributed by atoms with Crippen molar-refractivity contribution in [1.29, 1.82) is 0 Å². The molecule has 6 heteroatoms. The summed E-state index contributed by atoms with van der Waals surface area (Å²) in [6, 6.07) is 4.73. The summed E-state index contributed by atoms with van der Waals surface area (Å²) in [5, 5.41) is 16.4. The molecular weight excluding hydrogens is 310 g/mol. The van der Waals surface area contributed by atoms with E-state index in [9.17, 15) is 9.90 Å². The molecule has 0 aliphatic carbocycles. The zero-order valence-corrected chi connectivity index (χ0v) is 12.0. The molecule has 0 aliphatic rings. The Morgan fingerprint density at radius 2 is 2.32 bits per heavy atom. The molecule has 0 spiro atoms. The number of benzene rings is 1. The zero-order valence-electron chi connectivity index (χ0n) is 10.4. The van der Waals surface area contributed by atoms with Crippen LogP contribution in [0.25, 0.3) is 0 Å². The fourth-order valence-corrected chi connectivity index (χ4v) is 1.92. The Morgan fingerprint density at radius 1 is 1.53 bits per heavy atom. The highest BCUT2D eigenvalue weighted by Gasteiger charge is 2.07. The number of amides is 1. The van der Waals surface area contributed by atoms with Crippen LogP contribution in [-0.2, 0) is 13.5 Å². The third kappa shape index (κ3) is 3.57. The van der Waals surface area contributed by atoms with E-state index in [0.29, 0.717) is 16.6 Å². The highest BCUT2D eigenvalue weighted by atomic mass is 79.9. The monoisotopic (exact) mass is 323 g/mol. The number of aryl methyl sites for hydroxylation is 1. The second-order valence-corrected chi connectivity index (χ2v) is 5.05. The van der Waals surface area contributed by atoms with Gasteiger partial charge in [0.15, 0.2) is 0 Å². The Hall–Kier alpha value is -1.82. The topological polar surface area (TPSA) is 67.2 Å². The lowest BCUT2D eigenvalue weighted by Crippen LogP contribution is -2.25. The Balaban J connectivity index is 1.89. The summed E-state index contributed by atoms with van der Waals surface area (Å²) in [5.41, 5.74) is 1.51. The molecule has 1 amide bonds. The van der Waals surface area contributed by atoms with Gasteiger partial charge < -0.3 is 10.4 Å². The summed E-state index contributed by atoms with van der Waals surface area (Å²) in [5.74, 6) is -0.147. The predicted octanol–water partition coefficient (Wildman–Crippen LogP) is 1.86. The van der Waals surface area contributed by atoms with E-state index < -0.39 is 0 Å². The average molecular weight is 324 g/mol. The number of hydrogen-bond donors (Lipinski definition) is 2. The third-order valence-corrected chi connectivity index (χ3v) is 3.34. The van der Waals surface area contributed by atoms with Crippen LogP contribution in [-0.4, -0.2) is 27.3 Å². The first-order valence-electron chi connectivity index (χ1n) is 5.80. The third-order valence-electron chi connectivity index (χ3n) is 2.67. The quantitative estimate of drug-likeness (QED) is 0.902. The van der Waals surface area contributed by atoms with Gasteiger partial charge in [-0.05, 0) is 46.1 Å². The van der Waals surface area contributed by atoms with Crippen LogP contribution in [0, 0.1) is 0 Å². The first kappa shape index (κ1) is 13.6. The highest BCUT2D eigenvalue weighted by Crippen LogP contribution is 2.24. The molecule has 2 N–H and O–H groups in total. The molecule has 0 bridgehead atoms. The van der Waals surface area contributed by atoms with E-state index in [2.05, 4.69) is 26.3 Å². The first-order chi connectivity index (χ1) is 9.06. The number of phenols is 1. The van der Waals surface area contributed by atoms with Gasteiger partial charge >= 0.3 is 0 Å². The summed E-state index contributed by atoms with van der Waals surface area (Å²) in [6.07, 6.45) is 4.41. The van der Waals surface area contributed by atoms with Crippen molar-refractivity contribution in [2.75, 3.05) is 6.54 Å². The number of halogens is 1. The van der Waals surface area contributed by atoms with Crippen molar-refractivity contribution in [2.24, 2.45) is 7.05 Å². The number of nitrogens with zero attached hydrogens (tertiary/aromatic N) is 2. The molecule has 0 saturated carbocycles. The molecule has 2 aromatic rings. The van der Waals surface area contributed by atoms with Crippen molar-refractivity contribution in [2.45, 2.75) is 6.42 Å². The zero-order chi connectivity index (χ0) is 13.8. The van der Waals surface area contributed by atoms with Gasteiger partial charge in [-0.1, -0.05) is 0 Å². The minimum Gasteiger partial charge on any atom is -0.507 e. The maximum atomic E-state index is 11.8. The minimum atomic E-state index is -0.202. The second-order valence-electron chi connectivity index (χ2n) is 4.19. The molecule has 1 heterocycles. The van der Waals surface area contributed by atoms with Gasteiger partial charge in [0.25, 0.3) is 5.91 Å². The Kier molecular flexibility index (Phi) is 4.21. The molecule has 19 heavy (non-hydrogen) atoms. The number of nitrogens with one attached hydrogen (secondary N) is 1. The summed E-state index contributed by atoms with van der Waals surface area (Å²) in [7, 11) is 1.85. The molecule has 1 aromatic carbocycles. The predicted molar refractivity (Wildman–Crippen MR) is 75.1 cm³/mol. The van der Waals surface area contributed by atoms with E-state index >= 15 is 0 Å². The largest absolute Gasteiger partial charge is 0.507 e. The first-order valence-corrected chi connectivity index (χ1v) is 6.60. The number of carbonyl (C=O) groups is 1. The molecule has 0 fully saturated rings. The summed E-state index contributed by atoms with van der Waals surface area (Å²) < 4.78 is 2.30. The second kappa shape index (κ2) is 5.88. The molecule has 2 rings (SSSR count). The normalized spacial score (nSPS) is 10.4. The van der Waals surface area contributed by atoms with Crippen molar-refractivity contribution < 1.29 is 9.90 Å². The van der Waals surface area contributed by atoms with E-state index in [0.717, 1.165) is 12.0 Å². The Morgan fingerprint density at radius 3 is 2.95 bits per heavy atom. The van der Waals surface area contributed by atoms with E-state index in [4.69, 9.17) is 0 Å². The molecule has 0 aliphatic heterocycles. The van der Waals surface area contributed by atoms with Crippen LogP contribution in [0.1, 0.15) is 15.9 Å². The van der Waals surface area contributed by atoms with Crippen molar-refractivity contribution in [3.8, 4) is 5.75 Å². The molecule has 0 radical (unpaired) electrons. The fraction of sp³-hybridized carbons (Fsp3) is 0.231. The number of aromatic hydroxyl groups is 1. The number of carbonyl (C=O) groups excluding carboxylic acids is 1. The molecule has 0 unspecified atom stereocenters. The van der Waals surface area contributed by atoms with Gasteiger partial charge in [-0.25, -0.2) is 0 Å². The minimum absolute atomic E-state index is 0.0555. The smallest absolute Gasteiger partial charge is 0.251 e. The van der Waals surface area contributed by atoms with Gasteiger partial charge in [0.1, 0.15) is 5.75 Å². The molecule has 0 saturated heterocycles. The van der Waals surface area contributed by atoms with Gasteiger partial charge in [-0.15, -0.1) is 0 Å². The van der Waals surface area contributed by atoms with Crippen LogP contribution in [0.15, 0.2) is 35.1 Å². The highest BCUT2D eigenvalue weighted by molar-refractivity contribution is 9.10. The molecular formula is C13H14BrN3O2. The fourth-order valence-electron chi connectivity index (χ4n) is 1.68. The van der Waals surface area contributed by atoms with Crippen LogP contribution in [0.2, 0.25) is 0 Å². The van der Waals surface area contributed by atoms with E-state index in [1.54, 1.807) is 23.0 Å². The number of rotatable bonds is 4. The van der Waals surface area contributed by atoms with Gasteiger partial charge in [-0.2, -0.15) is 5.10 Å². The summed E-state index contributed by atoms with van der Waals surface area (Å²) >= 11 is 3.17. The van der Waals surface area contributed by atoms with Gasteiger partial charge in [0.05, 0.1) is 10.7 Å². The van der Waals surface area contributed by atoms with Crippen LogP contribution >= 0.6 is 15.9 Å². The molecule has 0 atom stereocenters. The van der Waals surface area contributed by atoms with Crippen molar-refractivity contribution in [3.63, 3.8) is 0 Å². The lowest BCUT2D eigenvalue weighted by atomic mass is 10.2. The summed E-state index contributed by atoms with van der Waals surface area (Å²) in [6.45, 7) is 0.529. The lowest BCUT2D eigenvalue weighted by molar-refractivity contribution is 0.0953. The SMILES string of the molecule is Cn1cc(CCNC(=O)c2ccc(Br)c(O)c2)cn1. The molecule has 1 aromatic heterocycles. The van der Waals surface area contributed by atoms with Crippen molar-refractivity contribution in [3.05, 3.63) is 46.2 Å². The summed E-state index contributed by atoms with van der Waals surface area (Å²) in [4.78, 5) is 11.8. The molecule has 5 nitrogen and oxygen atoms in total. The maximum absolute atomic E-state index is 11.8. The van der Waals surface area contributed by atoms with Crippen LogP contribution in [0.4, 0.5) is 0 Å². The van der Waals surface area contributed by atoms with E-state index in [-0.39, 0.29) is 11.7 Å². The standard InChI is InChI=1S/C13H14BrN3O2/c1-17-8-9(7-16-17)4-5-15-13(19)10-2-3-11(14)12(18)6-10/h2-3,6-8,18H,4-5H2,1H3,(H,15,19). The van der Waals surface area contributed by atoms with Crippen LogP contribution in [0.5, 0.6) is 5.75 Å². The number of hydrogen-bond acceptors (Lipinski definition) is 3. The Bertz CT molecular complexity index is 595. The average Bonchev–Trinajstić information content (AvgIpc) is 2.78. The van der Waals surface area contributed by atoms with Gasteiger partial charge in [0, 0.05) is 25.4 Å². The van der Waals surface area contributed by atoms with Gasteiger partial charge in [-0.3, -0.25) is 9.48 Å². The van der Waals surface area contributed by atoms with Gasteiger partial charge in [0.2, 0.25) is 0 Å². The molecule has 100 valence electrons. The van der Waals surface area contributed by atoms with Crippen molar-refractivity contribution in [1.82, 2.24) is 15.1 Å². The van der Waals surface area contributed by atoms with E-state index in [1.807, 2.05) is 13.2 Å².